The Hall–Kier alpha value is -2.86. The molecule has 0 spiro atoms. The lowest BCUT2D eigenvalue weighted by Gasteiger charge is -2.26. The minimum absolute atomic E-state index is 0.0295. The summed E-state index contributed by atoms with van der Waals surface area (Å²) in [6, 6.07) is 11.3. The lowest BCUT2D eigenvalue weighted by Crippen LogP contribution is -2.34. The summed E-state index contributed by atoms with van der Waals surface area (Å²) in [5, 5.41) is 4.24. The number of hydrogen-bond donors (Lipinski definition) is 2. The molecule has 0 aliphatic carbocycles. The minimum Gasteiger partial charge on any atom is -0.383 e. The zero-order valence-corrected chi connectivity index (χ0v) is 15.1. The van der Waals surface area contributed by atoms with Crippen LogP contribution in [0.4, 0.5) is 20.7 Å². The first-order valence-corrected chi connectivity index (χ1v) is 8.39. The summed E-state index contributed by atoms with van der Waals surface area (Å²) in [6.45, 7) is 1.87. The van der Waals surface area contributed by atoms with Gasteiger partial charge < -0.3 is 16.0 Å². The fourth-order valence-corrected chi connectivity index (χ4v) is 2.93. The van der Waals surface area contributed by atoms with Crippen molar-refractivity contribution in [2.24, 2.45) is 0 Å². The number of pyridine rings is 1. The van der Waals surface area contributed by atoms with Gasteiger partial charge in [0, 0.05) is 24.2 Å². The number of benzene rings is 2. The number of halogens is 2. The normalized spacial score (nSPS) is 12.0. The van der Waals surface area contributed by atoms with Crippen LogP contribution in [0, 0.1) is 5.82 Å². The van der Waals surface area contributed by atoms with Gasteiger partial charge in [-0.1, -0.05) is 41.9 Å². The number of urea groups is 1. The molecule has 0 aliphatic rings. The minimum atomic E-state index is -0.664. The Morgan fingerprint density at radius 1 is 1.23 bits per heavy atom. The van der Waals surface area contributed by atoms with Crippen molar-refractivity contribution >= 4 is 39.9 Å². The van der Waals surface area contributed by atoms with Crippen LogP contribution in [0.1, 0.15) is 18.5 Å². The van der Waals surface area contributed by atoms with E-state index in [1.165, 1.54) is 17.0 Å². The fourth-order valence-electron chi connectivity index (χ4n) is 2.76. The second kappa shape index (κ2) is 7.17. The summed E-state index contributed by atoms with van der Waals surface area (Å²) in [4.78, 5) is 18.2. The molecular formula is C19H18ClFN4O. The summed E-state index contributed by atoms with van der Waals surface area (Å²) in [5.74, 6) is -0.229. The molecule has 3 rings (SSSR count). The Morgan fingerprint density at radius 2 is 1.92 bits per heavy atom. The topological polar surface area (TPSA) is 71.2 Å². The van der Waals surface area contributed by atoms with E-state index in [1.54, 1.807) is 19.3 Å². The average Bonchev–Trinajstić information content (AvgIpc) is 2.65. The van der Waals surface area contributed by atoms with Crippen molar-refractivity contribution in [1.29, 1.82) is 0 Å². The van der Waals surface area contributed by atoms with Gasteiger partial charge in [-0.05, 0) is 24.4 Å². The van der Waals surface area contributed by atoms with Gasteiger partial charge in [-0.25, -0.2) is 14.2 Å². The molecule has 1 heterocycles. The van der Waals surface area contributed by atoms with Crippen molar-refractivity contribution in [3.8, 4) is 0 Å². The molecule has 0 saturated heterocycles. The Balaban J connectivity index is 1.88. The second-order valence-corrected chi connectivity index (χ2v) is 6.37. The third-order valence-corrected chi connectivity index (χ3v) is 4.69. The van der Waals surface area contributed by atoms with Gasteiger partial charge in [0.2, 0.25) is 0 Å². The third kappa shape index (κ3) is 3.28. The van der Waals surface area contributed by atoms with Gasteiger partial charge in [-0.3, -0.25) is 0 Å². The average molecular weight is 373 g/mol. The van der Waals surface area contributed by atoms with Crippen LogP contribution < -0.4 is 11.1 Å². The van der Waals surface area contributed by atoms with Gasteiger partial charge in [-0.15, -0.1) is 0 Å². The highest BCUT2D eigenvalue weighted by Crippen LogP contribution is 2.30. The second-order valence-electron chi connectivity index (χ2n) is 5.96. The third-order valence-electron chi connectivity index (χ3n) is 4.40. The van der Waals surface area contributed by atoms with E-state index < -0.39 is 11.8 Å². The number of aromatic nitrogens is 1. The summed E-state index contributed by atoms with van der Waals surface area (Å²) in [6.07, 6.45) is 1.66. The van der Waals surface area contributed by atoms with Crippen LogP contribution in [-0.4, -0.2) is 23.0 Å². The van der Waals surface area contributed by atoms with Crippen LogP contribution in [0.2, 0.25) is 5.02 Å². The van der Waals surface area contributed by atoms with Crippen LogP contribution in [0.3, 0.4) is 0 Å². The molecule has 5 nitrogen and oxygen atoms in total. The molecule has 1 unspecified atom stereocenters. The van der Waals surface area contributed by atoms with Crippen LogP contribution in [-0.2, 0) is 0 Å². The zero-order valence-electron chi connectivity index (χ0n) is 14.3. The van der Waals surface area contributed by atoms with E-state index in [-0.39, 0.29) is 16.8 Å². The Morgan fingerprint density at radius 3 is 2.65 bits per heavy atom. The van der Waals surface area contributed by atoms with Crippen molar-refractivity contribution < 1.29 is 9.18 Å². The summed E-state index contributed by atoms with van der Waals surface area (Å²) >= 11 is 5.76. The van der Waals surface area contributed by atoms with E-state index in [2.05, 4.69) is 10.3 Å². The molecule has 0 saturated carbocycles. The van der Waals surface area contributed by atoms with E-state index >= 15 is 0 Å². The molecule has 7 heteroatoms. The first-order chi connectivity index (χ1) is 12.4. The van der Waals surface area contributed by atoms with Crippen LogP contribution in [0.25, 0.3) is 10.8 Å². The largest absolute Gasteiger partial charge is 0.383 e. The predicted octanol–water partition coefficient (Wildman–Crippen LogP) is 4.83. The van der Waals surface area contributed by atoms with E-state index in [1.807, 2.05) is 31.2 Å². The highest BCUT2D eigenvalue weighted by atomic mass is 35.5. The Bertz CT molecular complexity index is 979. The number of nitrogens with zero attached hydrogens (tertiary/aromatic N) is 2. The molecule has 1 aromatic heterocycles. The lowest BCUT2D eigenvalue weighted by molar-refractivity contribution is 0.208. The molecule has 3 N–H and O–H groups in total. The van der Waals surface area contributed by atoms with E-state index in [0.29, 0.717) is 5.82 Å². The zero-order chi connectivity index (χ0) is 18.8. The number of nitrogens with one attached hydrogen (secondary N) is 1. The number of fused-ring (bicyclic) bond motifs is 1. The maximum Gasteiger partial charge on any atom is 0.322 e. The van der Waals surface area contributed by atoms with Gasteiger partial charge in [0.15, 0.2) is 5.82 Å². The molecule has 134 valence electrons. The lowest BCUT2D eigenvalue weighted by atomic mass is 10.0. The van der Waals surface area contributed by atoms with Gasteiger partial charge in [0.05, 0.1) is 16.8 Å². The molecule has 0 radical (unpaired) electrons. The maximum atomic E-state index is 14.0. The van der Waals surface area contributed by atoms with Crippen molar-refractivity contribution in [3.63, 3.8) is 0 Å². The molecule has 0 aliphatic heterocycles. The number of carbonyl (C=O) groups excluding carboxylic acids is 1. The number of rotatable bonds is 3. The summed E-state index contributed by atoms with van der Waals surface area (Å²) in [7, 11) is 1.63. The highest BCUT2D eigenvalue weighted by molar-refractivity contribution is 6.31. The Labute approximate surface area is 155 Å². The highest BCUT2D eigenvalue weighted by Gasteiger charge is 2.21. The summed E-state index contributed by atoms with van der Waals surface area (Å²) in [5.41, 5.74) is 6.81. The Kier molecular flexibility index (Phi) is 4.95. The molecule has 0 bridgehead atoms. The monoisotopic (exact) mass is 372 g/mol. The van der Waals surface area contributed by atoms with Crippen LogP contribution in [0.15, 0.2) is 48.7 Å². The number of hydrogen-bond acceptors (Lipinski definition) is 3. The van der Waals surface area contributed by atoms with Crippen molar-refractivity contribution in [2.75, 3.05) is 18.1 Å². The van der Waals surface area contributed by atoms with Crippen LogP contribution in [0.5, 0.6) is 0 Å². The number of nitrogen functional groups attached to an aromatic ring is 1. The smallest absolute Gasteiger partial charge is 0.322 e. The quantitative estimate of drug-likeness (QED) is 0.691. The maximum absolute atomic E-state index is 14.0. The molecule has 1 atom stereocenters. The molecule has 3 aromatic rings. The van der Waals surface area contributed by atoms with Gasteiger partial charge in [0.25, 0.3) is 0 Å². The first-order valence-electron chi connectivity index (χ1n) is 8.01. The number of nitrogens with two attached hydrogens (primary N) is 1. The standard InChI is InChI=1S/C19H18ClFN4O/c1-11(14-10-23-18(22)13-7-4-3-6-12(13)14)25(2)19(26)24-16-9-5-8-15(20)17(16)21/h3-11H,1-2H3,(H2,22,23)(H,24,26). The fraction of sp³-hybridized carbons (Fsp3) is 0.158. The van der Waals surface area contributed by atoms with Gasteiger partial charge >= 0.3 is 6.03 Å². The number of carbonyl (C=O) groups is 1. The number of anilines is 2. The summed E-state index contributed by atoms with van der Waals surface area (Å²) < 4.78 is 14.0. The molecule has 26 heavy (non-hydrogen) atoms. The number of amides is 2. The molecular weight excluding hydrogens is 355 g/mol. The molecule has 2 aromatic carbocycles. The molecule has 2 amide bonds. The predicted molar refractivity (Wildman–Crippen MR) is 103 cm³/mol. The van der Waals surface area contributed by atoms with E-state index in [4.69, 9.17) is 17.3 Å². The van der Waals surface area contributed by atoms with Crippen molar-refractivity contribution in [3.05, 3.63) is 65.1 Å². The molecule has 0 fully saturated rings. The van der Waals surface area contributed by atoms with Crippen LogP contribution >= 0.6 is 11.6 Å². The van der Waals surface area contributed by atoms with Gasteiger partial charge in [-0.2, -0.15) is 0 Å². The van der Waals surface area contributed by atoms with E-state index in [9.17, 15) is 9.18 Å². The van der Waals surface area contributed by atoms with Crippen molar-refractivity contribution in [1.82, 2.24) is 9.88 Å². The van der Waals surface area contributed by atoms with Gasteiger partial charge in [0.1, 0.15) is 5.82 Å². The van der Waals surface area contributed by atoms with Crippen molar-refractivity contribution in [2.45, 2.75) is 13.0 Å². The first kappa shape index (κ1) is 17.9. The SMILES string of the molecule is CC(c1cnc(N)c2ccccc12)N(C)C(=O)Nc1cccc(Cl)c1F. The van der Waals surface area contributed by atoms with E-state index in [0.717, 1.165) is 16.3 Å².